The molecular formula is C16H24N4. The fourth-order valence-electron chi connectivity index (χ4n) is 3.02. The van der Waals surface area contributed by atoms with Crippen molar-refractivity contribution < 1.29 is 0 Å². The number of nitrogens with one attached hydrogen (secondary N) is 2. The van der Waals surface area contributed by atoms with Gasteiger partial charge < -0.3 is 15.5 Å². The first kappa shape index (κ1) is 13.4. The molecule has 0 saturated carbocycles. The van der Waals surface area contributed by atoms with E-state index in [-0.39, 0.29) is 0 Å². The van der Waals surface area contributed by atoms with E-state index in [2.05, 4.69) is 50.9 Å². The summed E-state index contributed by atoms with van der Waals surface area (Å²) in [4.78, 5) is 6.88. The van der Waals surface area contributed by atoms with Crippen LogP contribution in [0.4, 0.5) is 5.69 Å². The van der Waals surface area contributed by atoms with Gasteiger partial charge in [0.15, 0.2) is 5.96 Å². The van der Waals surface area contributed by atoms with Crippen molar-refractivity contribution in [3.05, 3.63) is 30.3 Å². The zero-order valence-electron chi connectivity index (χ0n) is 12.0. The fourth-order valence-corrected chi connectivity index (χ4v) is 3.02. The summed E-state index contributed by atoms with van der Waals surface area (Å²) in [6.45, 7) is 5.28. The minimum atomic E-state index is 0.871. The third kappa shape index (κ3) is 3.31. The van der Waals surface area contributed by atoms with Crippen LogP contribution in [0.2, 0.25) is 0 Å². The molecule has 108 valence electrons. The van der Waals surface area contributed by atoms with Crippen LogP contribution >= 0.6 is 0 Å². The van der Waals surface area contributed by atoms with Crippen LogP contribution in [-0.2, 0) is 0 Å². The lowest BCUT2D eigenvalue weighted by Gasteiger charge is -2.24. The second-order valence-electron chi connectivity index (χ2n) is 5.60. The Bertz CT molecular complexity index is 437. The Balaban J connectivity index is 1.49. The lowest BCUT2D eigenvalue weighted by atomic mass is 9.95. The van der Waals surface area contributed by atoms with Crippen LogP contribution in [0.25, 0.3) is 0 Å². The van der Waals surface area contributed by atoms with Crippen molar-refractivity contribution in [2.24, 2.45) is 10.9 Å². The molecule has 2 aliphatic heterocycles. The van der Waals surface area contributed by atoms with Gasteiger partial charge in [-0.1, -0.05) is 18.2 Å². The zero-order chi connectivity index (χ0) is 13.6. The summed E-state index contributed by atoms with van der Waals surface area (Å²) in [5, 5.41) is 6.96. The van der Waals surface area contributed by atoms with Crippen molar-refractivity contribution in [1.29, 1.82) is 0 Å². The van der Waals surface area contributed by atoms with Crippen molar-refractivity contribution in [2.75, 3.05) is 37.6 Å². The number of rotatable bonds is 4. The summed E-state index contributed by atoms with van der Waals surface area (Å²) >= 11 is 0. The highest BCUT2D eigenvalue weighted by atomic mass is 15.3. The molecule has 0 spiro atoms. The molecule has 0 aliphatic carbocycles. The zero-order valence-corrected chi connectivity index (χ0v) is 12.0. The van der Waals surface area contributed by atoms with Crippen molar-refractivity contribution >= 4 is 11.6 Å². The van der Waals surface area contributed by atoms with Gasteiger partial charge in [-0.15, -0.1) is 0 Å². The van der Waals surface area contributed by atoms with Crippen LogP contribution in [0.5, 0.6) is 0 Å². The number of aliphatic imine (C=N–C) groups is 1. The highest BCUT2D eigenvalue weighted by Gasteiger charge is 2.19. The van der Waals surface area contributed by atoms with Gasteiger partial charge in [-0.25, -0.2) is 0 Å². The van der Waals surface area contributed by atoms with Gasteiger partial charge in [-0.3, -0.25) is 4.99 Å². The van der Waals surface area contributed by atoms with Crippen molar-refractivity contribution in [3.8, 4) is 0 Å². The lowest BCUT2D eigenvalue weighted by Crippen LogP contribution is -2.39. The summed E-state index contributed by atoms with van der Waals surface area (Å²) in [5.41, 5.74) is 1.23. The number of para-hydroxylation sites is 1. The molecule has 0 radical (unpaired) electrons. The van der Waals surface area contributed by atoms with E-state index in [1.54, 1.807) is 0 Å². The summed E-state index contributed by atoms with van der Waals surface area (Å²) in [7, 11) is 0. The highest BCUT2D eigenvalue weighted by Crippen LogP contribution is 2.17. The maximum atomic E-state index is 4.60. The predicted molar refractivity (Wildman–Crippen MR) is 84.3 cm³/mol. The van der Waals surface area contributed by atoms with Crippen molar-refractivity contribution in [3.63, 3.8) is 0 Å². The van der Waals surface area contributed by atoms with Gasteiger partial charge in [0.1, 0.15) is 0 Å². The minimum Gasteiger partial charge on any atom is -0.356 e. The minimum absolute atomic E-state index is 0.871. The van der Waals surface area contributed by atoms with Gasteiger partial charge in [-0.05, 0) is 50.4 Å². The largest absolute Gasteiger partial charge is 0.356 e. The maximum Gasteiger partial charge on any atom is 0.198 e. The molecule has 1 aromatic rings. The Morgan fingerprint density at radius 3 is 2.80 bits per heavy atom. The Morgan fingerprint density at radius 1 is 1.20 bits per heavy atom. The molecule has 0 aromatic heterocycles. The summed E-state index contributed by atoms with van der Waals surface area (Å²) in [6, 6.07) is 10.5. The molecule has 1 fully saturated rings. The summed E-state index contributed by atoms with van der Waals surface area (Å²) in [6.07, 6.45) is 3.89. The molecule has 0 amide bonds. The first-order chi connectivity index (χ1) is 9.93. The van der Waals surface area contributed by atoms with Crippen molar-refractivity contribution in [2.45, 2.75) is 19.3 Å². The van der Waals surface area contributed by atoms with E-state index in [0.717, 1.165) is 31.5 Å². The molecular weight excluding hydrogens is 248 g/mol. The number of hydrogen-bond acceptors (Lipinski definition) is 4. The van der Waals surface area contributed by atoms with Crippen LogP contribution in [-0.4, -0.2) is 38.7 Å². The second kappa shape index (κ2) is 6.75. The second-order valence-corrected chi connectivity index (χ2v) is 5.60. The molecule has 0 bridgehead atoms. The van der Waals surface area contributed by atoms with E-state index in [4.69, 9.17) is 0 Å². The van der Waals surface area contributed by atoms with E-state index in [1.165, 1.54) is 38.0 Å². The number of piperidine rings is 1. The quantitative estimate of drug-likeness (QED) is 0.878. The first-order valence-electron chi connectivity index (χ1n) is 7.75. The molecule has 3 rings (SSSR count). The Kier molecular flexibility index (Phi) is 4.53. The molecule has 4 nitrogen and oxygen atoms in total. The van der Waals surface area contributed by atoms with Crippen LogP contribution in [0.3, 0.4) is 0 Å². The van der Waals surface area contributed by atoms with Gasteiger partial charge >= 0.3 is 0 Å². The Hall–Kier alpha value is -1.55. The molecule has 0 atom stereocenters. The van der Waals surface area contributed by atoms with Crippen LogP contribution in [0, 0.1) is 5.92 Å². The standard InChI is InChI=1S/C16H24N4/c1-2-4-15(5-3-1)20-13-12-19-16(20)18-11-8-14-6-9-17-10-7-14/h1-5,14,17H,6-13H2,(H,18,19). The molecule has 1 aromatic carbocycles. The van der Waals surface area contributed by atoms with E-state index in [0.29, 0.717) is 0 Å². The van der Waals surface area contributed by atoms with E-state index in [9.17, 15) is 0 Å². The van der Waals surface area contributed by atoms with Crippen LogP contribution in [0.1, 0.15) is 19.3 Å². The number of benzene rings is 1. The number of hydrogen-bond donors (Lipinski definition) is 2. The average molecular weight is 272 g/mol. The van der Waals surface area contributed by atoms with Gasteiger partial charge in [-0.2, -0.15) is 0 Å². The van der Waals surface area contributed by atoms with Gasteiger partial charge in [0.2, 0.25) is 0 Å². The molecule has 2 N–H and O–H groups in total. The smallest absolute Gasteiger partial charge is 0.198 e. The van der Waals surface area contributed by atoms with Crippen LogP contribution < -0.4 is 15.5 Å². The Morgan fingerprint density at radius 2 is 2.00 bits per heavy atom. The summed E-state index contributed by atoms with van der Waals surface area (Å²) < 4.78 is 0. The summed E-state index contributed by atoms with van der Waals surface area (Å²) in [5.74, 6) is 1.92. The van der Waals surface area contributed by atoms with Crippen molar-refractivity contribution in [1.82, 2.24) is 10.6 Å². The third-order valence-electron chi connectivity index (χ3n) is 4.20. The van der Waals surface area contributed by atoms with E-state index in [1.807, 2.05) is 0 Å². The molecule has 20 heavy (non-hydrogen) atoms. The maximum absolute atomic E-state index is 4.60. The van der Waals surface area contributed by atoms with Gasteiger partial charge in [0.05, 0.1) is 6.54 Å². The number of guanidine groups is 1. The molecule has 4 heteroatoms. The molecule has 2 aliphatic rings. The SMILES string of the molecule is c1ccc(N2CCN=C2NCCC2CCNCC2)cc1. The highest BCUT2D eigenvalue weighted by molar-refractivity contribution is 5.97. The lowest BCUT2D eigenvalue weighted by molar-refractivity contribution is 0.354. The fraction of sp³-hybridized carbons (Fsp3) is 0.562. The normalized spacial score (nSPS) is 20.0. The molecule has 1 saturated heterocycles. The number of anilines is 1. The average Bonchev–Trinajstić information content (AvgIpc) is 2.98. The third-order valence-corrected chi connectivity index (χ3v) is 4.20. The van der Waals surface area contributed by atoms with Gasteiger partial charge in [0.25, 0.3) is 0 Å². The topological polar surface area (TPSA) is 39.7 Å². The molecule has 2 heterocycles. The van der Waals surface area contributed by atoms with Crippen LogP contribution in [0.15, 0.2) is 35.3 Å². The van der Waals surface area contributed by atoms with E-state index >= 15 is 0 Å². The number of nitrogens with zero attached hydrogens (tertiary/aromatic N) is 2. The van der Waals surface area contributed by atoms with Gasteiger partial charge in [0, 0.05) is 18.8 Å². The Labute approximate surface area is 121 Å². The monoisotopic (exact) mass is 272 g/mol. The van der Waals surface area contributed by atoms with E-state index < -0.39 is 0 Å². The first-order valence-corrected chi connectivity index (χ1v) is 7.75. The predicted octanol–water partition coefficient (Wildman–Crippen LogP) is 1.84. The molecule has 0 unspecified atom stereocenters.